The molecule has 7 heteroatoms. The number of hydrogen-bond acceptors (Lipinski definition) is 4. The van der Waals surface area contributed by atoms with Gasteiger partial charge in [0.2, 0.25) is 0 Å². The fourth-order valence-corrected chi connectivity index (χ4v) is 3.50. The number of anilines is 1. The molecule has 0 bridgehead atoms. The zero-order valence-corrected chi connectivity index (χ0v) is 17.1. The molecular formula is C25H19N5O2. The van der Waals surface area contributed by atoms with Crippen molar-refractivity contribution in [3.05, 3.63) is 119 Å². The zero-order chi connectivity index (χ0) is 21.9. The van der Waals surface area contributed by atoms with Crippen LogP contribution in [0, 0.1) is 0 Å². The Kier molecular flexibility index (Phi) is 5.05. The maximum absolute atomic E-state index is 13.0. The lowest BCUT2D eigenvalue weighted by Gasteiger charge is -2.08. The van der Waals surface area contributed by atoms with Crippen molar-refractivity contribution in [3.63, 3.8) is 0 Å². The van der Waals surface area contributed by atoms with E-state index in [-0.39, 0.29) is 11.5 Å². The summed E-state index contributed by atoms with van der Waals surface area (Å²) in [7, 11) is 0. The van der Waals surface area contributed by atoms with Crippen LogP contribution in [0.4, 0.5) is 5.69 Å². The molecule has 0 saturated heterocycles. The molecule has 0 spiro atoms. The first kappa shape index (κ1) is 19.4. The Balaban J connectivity index is 1.36. The van der Waals surface area contributed by atoms with Crippen molar-refractivity contribution in [1.29, 1.82) is 0 Å². The van der Waals surface area contributed by atoms with E-state index in [1.165, 1.54) is 6.33 Å². The molecule has 0 aliphatic rings. The molecule has 5 aromatic rings. The highest BCUT2D eigenvalue weighted by Gasteiger charge is 2.12. The van der Waals surface area contributed by atoms with Gasteiger partial charge in [0.05, 0.1) is 18.4 Å². The summed E-state index contributed by atoms with van der Waals surface area (Å²) >= 11 is 0. The molecule has 156 valence electrons. The molecule has 0 radical (unpaired) electrons. The number of aromatic nitrogens is 4. The van der Waals surface area contributed by atoms with Gasteiger partial charge < -0.3 is 5.32 Å². The second-order valence-electron chi connectivity index (χ2n) is 7.32. The van der Waals surface area contributed by atoms with Crippen molar-refractivity contribution >= 4 is 22.6 Å². The van der Waals surface area contributed by atoms with E-state index in [0.29, 0.717) is 23.1 Å². The summed E-state index contributed by atoms with van der Waals surface area (Å²) in [4.78, 5) is 29.8. The predicted octanol–water partition coefficient (Wildman–Crippen LogP) is 3.88. The third-order valence-corrected chi connectivity index (χ3v) is 5.16. The number of amides is 1. The normalized spacial score (nSPS) is 10.9. The number of para-hydroxylation sites is 2. The molecule has 0 aliphatic carbocycles. The lowest BCUT2D eigenvalue weighted by molar-refractivity contribution is 0.102. The van der Waals surface area contributed by atoms with E-state index < -0.39 is 0 Å². The second-order valence-corrected chi connectivity index (χ2v) is 7.32. The third kappa shape index (κ3) is 3.79. The quantitative estimate of drug-likeness (QED) is 0.467. The van der Waals surface area contributed by atoms with Gasteiger partial charge in [-0.15, -0.1) is 0 Å². The van der Waals surface area contributed by atoms with Crippen molar-refractivity contribution in [1.82, 2.24) is 19.3 Å². The van der Waals surface area contributed by atoms with Crippen molar-refractivity contribution in [2.75, 3.05) is 5.32 Å². The summed E-state index contributed by atoms with van der Waals surface area (Å²) < 4.78 is 3.19. The lowest BCUT2D eigenvalue weighted by atomic mass is 10.1. The van der Waals surface area contributed by atoms with Crippen molar-refractivity contribution in [2.45, 2.75) is 6.54 Å². The standard InChI is InChI=1S/C25H19N5O2/c31-24(28-20-7-3-1-4-8-20)19-13-11-18(12-14-19)16-29-17-26-23-22(25(29)32)15-27-30(23)21-9-5-2-6-10-21/h1-15,17H,16H2,(H,28,31). The Labute approximate surface area is 183 Å². The fraction of sp³-hybridized carbons (Fsp3) is 0.0400. The first-order valence-corrected chi connectivity index (χ1v) is 10.1. The van der Waals surface area contributed by atoms with Gasteiger partial charge in [-0.3, -0.25) is 14.2 Å². The van der Waals surface area contributed by atoms with Crippen LogP contribution in [0.3, 0.4) is 0 Å². The largest absolute Gasteiger partial charge is 0.322 e. The van der Waals surface area contributed by atoms with Gasteiger partial charge in [0, 0.05) is 11.3 Å². The minimum absolute atomic E-state index is 0.164. The number of rotatable bonds is 5. The molecule has 7 nitrogen and oxygen atoms in total. The number of benzene rings is 3. The molecule has 2 aromatic heterocycles. The van der Waals surface area contributed by atoms with Gasteiger partial charge in [-0.1, -0.05) is 48.5 Å². The monoisotopic (exact) mass is 421 g/mol. The van der Waals surface area contributed by atoms with E-state index in [2.05, 4.69) is 15.4 Å². The Bertz CT molecular complexity index is 1440. The van der Waals surface area contributed by atoms with Crippen LogP contribution in [-0.4, -0.2) is 25.2 Å². The Morgan fingerprint density at radius 2 is 1.56 bits per heavy atom. The van der Waals surface area contributed by atoms with E-state index in [1.807, 2.05) is 72.8 Å². The first-order chi connectivity index (χ1) is 15.7. The van der Waals surface area contributed by atoms with Gasteiger partial charge in [-0.2, -0.15) is 5.10 Å². The van der Waals surface area contributed by atoms with Crippen LogP contribution < -0.4 is 10.9 Å². The Hall–Kier alpha value is -4.52. The van der Waals surface area contributed by atoms with Crippen LogP contribution in [0.25, 0.3) is 16.7 Å². The van der Waals surface area contributed by atoms with Gasteiger partial charge in [-0.05, 0) is 42.0 Å². The second kappa shape index (κ2) is 8.31. The molecule has 1 N–H and O–H groups in total. The van der Waals surface area contributed by atoms with E-state index in [1.54, 1.807) is 27.6 Å². The molecule has 3 aromatic carbocycles. The average molecular weight is 421 g/mol. The van der Waals surface area contributed by atoms with Crippen LogP contribution >= 0.6 is 0 Å². The van der Waals surface area contributed by atoms with E-state index >= 15 is 0 Å². The van der Waals surface area contributed by atoms with Gasteiger partial charge in [0.1, 0.15) is 11.7 Å². The summed E-state index contributed by atoms with van der Waals surface area (Å²) in [6.45, 7) is 0.346. The lowest BCUT2D eigenvalue weighted by Crippen LogP contribution is -2.21. The van der Waals surface area contributed by atoms with Crippen LogP contribution in [0.1, 0.15) is 15.9 Å². The summed E-state index contributed by atoms with van der Waals surface area (Å²) in [6, 6.07) is 26.0. The fourth-order valence-electron chi connectivity index (χ4n) is 3.50. The Morgan fingerprint density at radius 1 is 0.875 bits per heavy atom. The zero-order valence-electron chi connectivity index (χ0n) is 17.1. The maximum atomic E-state index is 13.0. The predicted molar refractivity (Wildman–Crippen MR) is 123 cm³/mol. The summed E-state index contributed by atoms with van der Waals surface area (Å²) in [5.41, 5.74) is 3.37. The molecule has 1 amide bonds. The third-order valence-electron chi connectivity index (χ3n) is 5.16. The number of nitrogens with one attached hydrogen (secondary N) is 1. The number of fused-ring (bicyclic) bond motifs is 1. The molecule has 32 heavy (non-hydrogen) atoms. The molecule has 0 fully saturated rings. The van der Waals surface area contributed by atoms with E-state index in [4.69, 9.17) is 0 Å². The van der Waals surface area contributed by atoms with Crippen LogP contribution in [0.2, 0.25) is 0 Å². The summed E-state index contributed by atoms with van der Waals surface area (Å²) in [6.07, 6.45) is 3.08. The van der Waals surface area contributed by atoms with Crippen molar-refractivity contribution in [3.8, 4) is 5.69 Å². The highest BCUT2D eigenvalue weighted by Crippen LogP contribution is 2.14. The van der Waals surface area contributed by atoms with Gasteiger partial charge in [0.15, 0.2) is 5.65 Å². The van der Waals surface area contributed by atoms with Crippen LogP contribution in [0.5, 0.6) is 0 Å². The number of carbonyl (C=O) groups excluding carboxylic acids is 1. The highest BCUT2D eigenvalue weighted by atomic mass is 16.1. The van der Waals surface area contributed by atoms with Crippen LogP contribution in [0.15, 0.2) is 102 Å². The minimum atomic E-state index is -0.184. The molecule has 0 unspecified atom stereocenters. The van der Waals surface area contributed by atoms with E-state index in [9.17, 15) is 9.59 Å². The average Bonchev–Trinajstić information content (AvgIpc) is 3.27. The van der Waals surface area contributed by atoms with E-state index in [0.717, 1.165) is 16.9 Å². The number of carbonyl (C=O) groups is 1. The topological polar surface area (TPSA) is 81.8 Å². The molecule has 0 atom stereocenters. The molecule has 0 saturated carbocycles. The molecule has 0 aliphatic heterocycles. The maximum Gasteiger partial charge on any atom is 0.264 e. The smallest absolute Gasteiger partial charge is 0.264 e. The van der Waals surface area contributed by atoms with Crippen LogP contribution in [-0.2, 0) is 6.54 Å². The summed E-state index contributed by atoms with van der Waals surface area (Å²) in [5.74, 6) is -0.184. The molecule has 2 heterocycles. The van der Waals surface area contributed by atoms with Gasteiger partial charge in [-0.25, -0.2) is 9.67 Å². The van der Waals surface area contributed by atoms with Crippen molar-refractivity contribution < 1.29 is 4.79 Å². The minimum Gasteiger partial charge on any atom is -0.322 e. The van der Waals surface area contributed by atoms with Gasteiger partial charge in [0.25, 0.3) is 11.5 Å². The van der Waals surface area contributed by atoms with Gasteiger partial charge >= 0.3 is 0 Å². The molecule has 5 rings (SSSR count). The Morgan fingerprint density at radius 3 is 2.28 bits per heavy atom. The van der Waals surface area contributed by atoms with Crippen molar-refractivity contribution in [2.24, 2.45) is 0 Å². The summed E-state index contributed by atoms with van der Waals surface area (Å²) in [5, 5.41) is 7.65. The first-order valence-electron chi connectivity index (χ1n) is 10.1. The SMILES string of the molecule is O=C(Nc1ccccc1)c1ccc(Cn2cnc3c(cnn3-c3ccccc3)c2=O)cc1. The number of nitrogens with zero attached hydrogens (tertiary/aromatic N) is 4. The highest BCUT2D eigenvalue weighted by molar-refractivity contribution is 6.04. The number of hydrogen-bond donors (Lipinski definition) is 1. The molecular weight excluding hydrogens is 402 g/mol.